The van der Waals surface area contributed by atoms with Crippen molar-refractivity contribution in [3.8, 4) is 5.88 Å². The topological polar surface area (TPSA) is 42.4 Å². The second-order valence-electron chi connectivity index (χ2n) is 7.26. The summed E-state index contributed by atoms with van der Waals surface area (Å²) in [6.45, 7) is 4.03. The summed E-state index contributed by atoms with van der Waals surface area (Å²) in [5, 5.41) is 10.4. The van der Waals surface area contributed by atoms with E-state index in [2.05, 4.69) is 4.98 Å². The van der Waals surface area contributed by atoms with Gasteiger partial charge in [0.15, 0.2) is 0 Å². The van der Waals surface area contributed by atoms with Crippen molar-refractivity contribution in [2.24, 2.45) is 17.3 Å². The molecule has 2 aliphatic carbocycles. The van der Waals surface area contributed by atoms with Gasteiger partial charge in [-0.25, -0.2) is 4.98 Å². The van der Waals surface area contributed by atoms with Gasteiger partial charge in [-0.15, -0.1) is 0 Å². The summed E-state index contributed by atoms with van der Waals surface area (Å²) in [6.07, 6.45) is -0.690. The quantitative estimate of drug-likeness (QED) is 0.835. The normalized spacial score (nSPS) is 34.5. The highest BCUT2D eigenvalue weighted by molar-refractivity contribution is 6.14. The van der Waals surface area contributed by atoms with Crippen molar-refractivity contribution in [3.63, 3.8) is 0 Å². The van der Waals surface area contributed by atoms with Gasteiger partial charge in [-0.3, -0.25) is 0 Å². The third kappa shape index (κ3) is 2.91. The molecule has 24 heavy (non-hydrogen) atoms. The maximum absolute atomic E-state index is 12.5. The lowest BCUT2D eigenvalue weighted by molar-refractivity contribution is -0.137. The Hall–Kier alpha value is -1.24. The number of halogens is 3. The molecule has 1 N–H and O–H groups in total. The Bertz CT molecular complexity index is 605. The number of aromatic nitrogens is 1. The van der Waals surface area contributed by atoms with Crippen LogP contribution in [0.15, 0.2) is 18.3 Å². The van der Waals surface area contributed by atoms with Crippen LogP contribution in [0.3, 0.4) is 0 Å². The molecule has 3 nitrogen and oxygen atoms in total. The average Bonchev–Trinajstić information content (AvgIpc) is 3.25. The summed E-state index contributed by atoms with van der Waals surface area (Å²) in [6, 6.07) is 2.22. The fraction of sp³-hybridized carbons (Fsp3) is 0.706. The smallest absolute Gasteiger partial charge is 0.417 e. The van der Waals surface area contributed by atoms with Gasteiger partial charge in [0, 0.05) is 17.8 Å². The number of nitrogens with zero attached hydrogens (tertiary/aromatic N) is 1. The molecule has 1 spiro atoms. The molecule has 3 rings (SSSR count). The summed E-state index contributed by atoms with van der Waals surface area (Å²) in [7, 11) is 6.03. The van der Waals surface area contributed by atoms with E-state index in [1.54, 1.807) is 0 Å². The maximum atomic E-state index is 12.5. The monoisotopic (exact) mass is 339 g/mol. The van der Waals surface area contributed by atoms with E-state index in [9.17, 15) is 18.3 Å². The van der Waals surface area contributed by atoms with Crippen molar-refractivity contribution in [1.29, 1.82) is 0 Å². The van der Waals surface area contributed by atoms with Crippen molar-refractivity contribution in [2.45, 2.75) is 57.3 Å². The van der Waals surface area contributed by atoms with Gasteiger partial charge in [0.05, 0.1) is 5.56 Å². The van der Waals surface area contributed by atoms with E-state index >= 15 is 0 Å². The van der Waals surface area contributed by atoms with E-state index in [1.807, 2.05) is 13.8 Å². The second-order valence-corrected chi connectivity index (χ2v) is 7.26. The minimum atomic E-state index is -4.40. The van der Waals surface area contributed by atoms with E-state index in [0.29, 0.717) is 6.42 Å². The van der Waals surface area contributed by atoms with Crippen LogP contribution in [0.1, 0.15) is 45.1 Å². The molecule has 2 saturated carbocycles. The number of aliphatic hydroxyl groups is 1. The van der Waals surface area contributed by atoms with Gasteiger partial charge in [-0.1, -0.05) is 20.3 Å². The van der Waals surface area contributed by atoms with Gasteiger partial charge in [0.2, 0.25) is 5.88 Å². The Morgan fingerprint density at radius 3 is 2.58 bits per heavy atom. The largest absolute Gasteiger partial charge is 0.474 e. The van der Waals surface area contributed by atoms with E-state index in [0.717, 1.165) is 31.5 Å². The zero-order chi connectivity index (χ0) is 17.8. The molecule has 1 aromatic heterocycles. The van der Waals surface area contributed by atoms with Gasteiger partial charge >= 0.3 is 6.18 Å². The molecule has 0 aromatic carbocycles. The first-order chi connectivity index (χ1) is 11.1. The molecule has 0 aliphatic heterocycles. The average molecular weight is 339 g/mol. The third-order valence-corrected chi connectivity index (χ3v) is 5.75. The first-order valence-electron chi connectivity index (χ1n) is 8.31. The number of rotatable bonds is 5. The lowest BCUT2D eigenvalue weighted by Crippen LogP contribution is -2.49. The van der Waals surface area contributed by atoms with Gasteiger partial charge in [-0.2, -0.15) is 13.2 Å². The summed E-state index contributed by atoms with van der Waals surface area (Å²) in [4.78, 5) is 3.75. The van der Waals surface area contributed by atoms with E-state index in [-0.39, 0.29) is 29.2 Å². The van der Waals surface area contributed by atoms with Gasteiger partial charge in [-0.05, 0) is 42.6 Å². The second kappa shape index (κ2) is 5.65. The predicted octanol–water partition coefficient (Wildman–Crippen LogP) is 3.55. The van der Waals surface area contributed by atoms with Crippen LogP contribution < -0.4 is 4.74 Å². The molecule has 1 heterocycles. The Balaban J connectivity index is 1.59. The number of hydrogen-bond donors (Lipinski definition) is 1. The van der Waals surface area contributed by atoms with Gasteiger partial charge in [0.25, 0.3) is 0 Å². The maximum Gasteiger partial charge on any atom is 0.417 e. The molecule has 5 unspecified atom stereocenters. The molecule has 2 radical (unpaired) electrons. The summed E-state index contributed by atoms with van der Waals surface area (Å²) in [5.74, 6) is 0.461. The minimum Gasteiger partial charge on any atom is -0.474 e. The van der Waals surface area contributed by atoms with Crippen LogP contribution in [0.25, 0.3) is 0 Å². The molecule has 2 aliphatic rings. The van der Waals surface area contributed by atoms with Crippen LogP contribution >= 0.6 is 0 Å². The van der Waals surface area contributed by atoms with Crippen LogP contribution in [0, 0.1) is 17.3 Å². The highest BCUT2D eigenvalue weighted by atomic mass is 19.4. The Labute approximate surface area is 141 Å². The number of pyridine rings is 1. The summed E-state index contributed by atoms with van der Waals surface area (Å²) < 4.78 is 43.3. The highest BCUT2D eigenvalue weighted by Gasteiger charge is 2.70. The zero-order valence-corrected chi connectivity index (χ0v) is 13.8. The van der Waals surface area contributed by atoms with E-state index in [4.69, 9.17) is 12.6 Å². The molecular weight excluding hydrogens is 318 g/mol. The lowest BCUT2D eigenvalue weighted by atomic mass is 9.62. The molecule has 0 amide bonds. The van der Waals surface area contributed by atoms with Crippen LogP contribution in [0.4, 0.5) is 13.2 Å². The molecule has 130 valence electrons. The minimum absolute atomic E-state index is 0.00917. The van der Waals surface area contributed by atoms with Gasteiger partial charge < -0.3 is 9.84 Å². The lowest BCUT2D eigenvalue weighted by Gasteiger charge is -2.46. The van der Waals surface area contributed by atoms with Crippen LogP contribution in [-0.2, 0) is 6.18 Å². The van der Waals surface area contributed by atoms with Gasteiger partial charge in [0.1, 0.15) is 14.0 Å². The summed E-state index contributed by atoms with van der Waals surface area (Å²) in [5.41, 5.74) is -1.92. The molecule has 0 bridgehead atoms. The van der Waals surface area contributed by atoms with E-state index < -0.39 is 17.2 Å². The molecule has 5 atom stereocenters. The van der Waals surface area contributed by atoms with Crippen LogP contribution in [0.5, 0.6) is 5.88 Å². The first-order valence-corrected chi connectivity index (χ1v) is 8.31. The summed E-state index contributed by atoms with van der Waals surface area (Å²) >= 11 is 0. The SMILES string of the molecule is [B]C(O)(CCC)C1CC12CC(Oc1ccc(C(F)(F)F)cn1)C2C. The predicted molar refractivity (Wildman–Crippen MR) is 83.6 cm³/mol. The Kier molecular flexibility index (Phi) is 4.14. The van der Waals surface area contributed by atoms with Crippen molar-refractivity contribution in [2.75, 3.05) is 0 Å². The van der Waals surface area contributed by atoms with Crippen molar-refractivity contribution in [3.05, 3.63) is 23.9 Å². The molecular formula is C17H21BF3NO2. The zero-order valence-electron chi connectivity index (χ0n) is 13.8. The van der Waals surface area contributed by atoms with Crippen molar-refractivity contribution < 1.29 is 23.0 Å². The van der Waals surface area contributed by atoms with Crippen molar-refractivity contribution >= 4 is 7.85 Å². The molecule has 7 heteroatoms. The van der Waals surface area contributed by atoms with Crippen molar-refractivity contribution in [1.82, 2.24) is 4.98 Å². The Morgan fingerprint density at radius 2 is 2.08 bits per heavy atom. The Morgan fingerprint density at radius 1 is 1.38 bits per heavy atom. The third-order valence-electron chi connectivity index (χ3n) is 5.75. The standard InChI is InChI=1S/C17H21BF3NO2/c1-3-6-16(18,23)13-8-15(13)7-12(10(15)2)24-14-5-4-11(9-22-14)17(19,20)21/h4-5,9-10,12-13,23H,3,6-8H2,1-2H3. The van der Waals surface area contributed by atoms with Crippen LogP contribution in [-0.4, -0.2) is 29.5 Å². The van der Waals surface area contributed by atoms with Crippen LogP contribution in [0.2, 0.25) is 0 Å². The molecule has 0 saturated heterocycles. The fourth-order valence-corrected chi connectivity index (χ4v) is 4.16. The fourth-order valence-electron chi connectivity index (χ4n) is 4.16. The van der Waals surface area contributed by atoms with E-state index in [1.165, 1.54) is 6.07 Å². The number of ether oxygens (including phenoxy) is 1. The number of hydrogen-bond acceptors (Lipinski definition) is 3. The number of alkyl halides is 3. The molecule has 1 aromatic rings. The molecule has 2 fully saturated rings. The first kappa shape index (κ1) is 17.6. The highest BCUT2D eigenvalue weighted by Crippen LogP contribution is 2.72.